The first-order valence-corrected chi connectivity index (χ1v) is 13.1. The van der Waals surface area contributed by atoms with E-state index in [9.17, 15) is 10.2 Å². The van der Waals surface area contributed by atoms with Crippen LogP contribution in [-0.4, -0.2) is 22.9 Å². The second kappa shape index (κ2) is 8.45. The van der Waals surface area contributed by atoms with E-state index >= 15 is 0 Å². The van der Waals surface area contributed by atoms with E-state index in [1.807, 2.05) is 0 Å². The van der Waals surface area contributed by atoms with Crippen molar-refractivity contribution in [2.24, 2.45) is 52.3 Å². The van der Waals surface area contributed by atoms with Crippen LogP contribution in [0.2, 0.25) is 0 Å². The van der Waals surface area contributed by atoms with Gasteiger partial charge in [-0.3, -0.25) is 0 Å². The summed E-state index contributed by atoms with van der Waals surface area (Å²) in [6.45, 7) is 10.4. The van der Waals surface area contributed by atoms with E-state index in [4.69, 9.17) is 0 Å². The molecule has 0 spiro atoms. The second-order valence-corrected chi connectivity index (χ2v) is 12.5. The number of fused-ring (bicyclic) bond motifs is 5. The van der Waals surface area contributed by atoms with Crippen molar-refractivity contribution in [2.75, 3.05) is 6.61 Å². The fourth-order valence-electron chi connectivity index (χ4n) is 9.29. The molecule has 4 aliphatic carbocycles. The van der Waals surface area contributed by atoms with Crippen molar-refractivity contribution in [3.05, 3.63) is 0 Å². The molecule has 0 radical (unpaired) electrons. The van der Waals surface area contributed by atoms with Crippen LogP contribution < -0.4 is 0 Å². The van der Waals surface area contributed by atoms with E-state index in [2.05, 4.69) is 27.7 Å². The third kappa shape index (κ3) is 3.84. The standard InChI is InChI=1S/C27H48O2/c1-18(17-28)6-5-7-19(2)23-10-11-24-22-9-8-20-16-21(29)12-14-26(20,3)25(22)13-15-27(23,24)4/h18-25,28-29H,5-17H2,1-4H3/t18-,19+,20-,21+,22-,23+,24-,25+,26-,27+/m0/s1. The normalized spacial score (nSPS) is 49.0. The molecule has 4 fully saturated rings. The molecular weight excluding hydrogens is 356 g/mol. The first kappa shape index (κ1) is 22.1. The Balaban J connectivity index is 1.43. The van der Waals surface area contributed by atoms with Gasteiger partial charge in [0.05, 0.1) is 6.10 Å². The molecule has 4 saturated carbocycles. The van der Waals surface area contributed by atoms with Crippen LogP contribution in [0.4, 0.5) is 0 Å². The molecule has 4 rings (SSSR count). The van der Waals surface area contributed by atoms with Crippen LogP contribution in [0.25, 0.3) is 0 Å². The van der Waals surface area contributed by atoms with Gasteiger partial charge in [0.25, 0.3) is 0 Å². The summed E-state index contributed by atoms with van der Waals surface area (Å²) in [5.41, 5.74) is 1.08. The lowest BCUT2D eigenvalue weighted by Crippen LogP contribution is -2.54. The van der Waals surface area contributed by atoms with Gasteiger partial charge < -0.3 is 10.2 Å². The van der Waals surface area contributed by atoms with Crippen LogP contribution >= 0.6 is 0 Å². The van der Waals surface area contributed by atoms with Crippen LogP contribution in [-0.2, 0) is 0 Å². The van der Waals surface area contributed by atoms with Crippen LogP contribution in [0.1, 0.15) is 105 Å². The molecule has 0 aliphatic heterocycles. The number of aliphatic hydroxyl groups excluding tert-OH is 2. The van der Waals surface area contributed by atoms with Gasteiger partial charge in [0.1, 0.15) is 0 Å². The van der Waals surface area contributed by atoms with Crippen molar-refractivity contribution in [3.8, 4) is 0 Å². The molecule has 10 atom stereocenters. The number of hydrogen-bond donors (Lipinski definition) is 2. The van der Waals surface area contributed by atoms with Crippen molar-refractivity contribution < 1.29 is 10.2 Å². The highest BCUT2D eigenvalue weighted by molar-refractivity contribution is 5.09. The highest BCUT2D eigenvalue weighted by Gasteiger charge is 2.60. The van der Waals surface area contributed by atoms with Crippen molar-refractivity contribution in [1.29, 1.82) is 0 Å². The Hall–Kier alpha value is -0.0800. The van der Waals surface area contributed by atoms with Gasteiger partial charge >= 0.3 is 0 Å². The third-order valence-corrected chi connectivity index (χ3v) is 11.1. The van der Waals surface area contributed by atoms with E-state index in [0.717, 1.165) is 48.3 Å². The van der Waals surface area contributed by atoms with E-state index in [-0.39, 0.29) is 6.10 Å². The molecule has 0 heterocycles. The zero-order valence-electron chi connectivity index (χ0n) is 19.7. The summed E-state index contributed by atoms with van der Waals surface area (Å²) in [5.74, 6) is 5.83. The van der Waals surface area contributed by atoms with Crippen molar-refractivity contribution in [2.45, 2.75) is 111 Å². The molecule has 0 bridgehead atoms. The highest BCUT2D eigenvalue weighted by Crippen LogP contribution is 2.68. The molecule has 0 aromatic heterocycles. The maximum absolute atomic E-state index is 10.3. The molecule has 2 N–H and O–H groups in total. The lowest BCUT2D eigenvalue weighted by molar-refractivity contribution is -0.129. The van der Waals surface area contributed by atoms with Crippen LogP contribution in [0.3, 0.4) is 0 Å². The SMILES string of the molecule is C[C@H](CO)CCC[C@@H](C)[C@H]1CC[C@H]2[C@@H]3CC[C@H]4C[C@H](O)CC[C@]4(C)[C@@H]3CC[C@]12C. The Morgan fingerprint density at radius 2 is 1.59 bits per heavy atom. The minimum Gasteiger partial charge on any atom is -0.396 e. The van der Waals surface area contributed by atoms with E-state index < -0.39 is 0 Å². The van der Waals surface area contributed by atoms with Crippen molar-refractivity contribution in [1.82, 2.24) is 0 Å². The van der Waals surface area contributed by atoms with Gasteiger partial charge in [-0.1, -0.05) is 40.5 Å². The van der Waals surface area contributed by atoms with Gasteiger partial charge in [-0.15, -0.1) is 0 Å². The Labute approximate surface area is 180 Å². The molecule has 0 aromatic carbocycles. The molecule has 0 aromatic rings. The highest BCUT2D eigenvalue weighted by atomic mass is 16.3. The van der Waals surface area contributed by atoms with E-state index in [0.29, 0.717) is 23.4 Å². The molecule has 0 saturated heterocycles. The van der Waals surface area contributed by atoms with Gasteiger partial charge in [-0.05, 0) is 116 Å². The molecule has 168 valence electrons. The zero-order valence-corrected chi connectivity index (χ0v) is 19.7. The Kier molecular flexibility index (Phi) is 6.45. The van der Waals surface area contributed by atoms with Gasteiger partial charge in [-0.2, -0.15) is 0 Å². The summed E-state index contributed by atoms with van der Waals surface area (Å²) in [6.07, 6.45) is 15.8. The smallest absolute Gasteiger partial charge is 0.0543 e. The Bertz CT molecular complexity index is 561. The lowest BCUT2D eigenvalue weighted by atomic mass is 9.44. The maximum Gasteiger partial charge on any atom is 0.0543 e. The molecular formula is C27H48O2. The number of aliphatic hydroxyl groups is 2. The predicted molar refractivity (Wildman–Crippen MR) is 120 cm³/mol. The lowest BCUT2D eigenvalue weighted by Gasteiger charge is -2.61. The van der Waals surface area contributed by atoms with Gasteiger partial charge in [-0.25, -0.2) is 0 Å². The maximum atomic E-state index is 10.3. The zero-order chi connectivity index (χ0) is 20.8. The van der Waals surface area contributed by atoms with Crippen LogP contribution in [0.5, 0.6) is 0 Å². The quantitative estimate of drug-likeness (QED) is 0.534. The fourth-order valence-corrected chi connectivity index (χ4v) is 9.29. The molecule has 0 unspecified atom stereocenters. The summed E-state index contributed by atoms with van der Waals surface area (Å²) in [6, 6.07) is 0. The van der Waals surface area contributed by atoms with E-state index in [1.54, 1.807) is 0 Å². The molecule has 4 aliphatic rings. The minimum atomic E-state index is -0.0243. The van der Waals surface area contributed by atoms with Gasteiger partial charge in [0.2, 0.25) is 0 Å². The third-order valence-electron chi connectivity index (χ3n) is 11.1. The number of hydrogen-bond acceptors (Lipinski definition) is 2. The first-order chi connectivity index (χ1) is 13.8. The van der Waals surface area contributed by atoms with Crippen molar-refractivity contribution in [3.63, 3.8) is 0 Å². The monoisotopic (exact) mass is 404 g/mol. The van der Waals surface area contributed by atoms with Crippen LogP contribution in [0.15, 0.2) is 0 Å². The van der Waals surface area contributed by atoms with Crippen LogP contribution in [0, 0.1) is 52.3 Å². The first-order valence-electron chi connectivity index (χ1n) is 13.1. The van der Waals surface area contributed by atoms with E-state index in [1.165, 1.54) is 64.2 Å². The second-order valence-electron chi connectivity index (χ2n) is 12.5. The molecule has 0 amide bonds. The average Bonchev–Trinajstić information content (AvgIpc) is 3.05. The summed E-state index contributed by atoms with van der Waals surface area (Å²) < 4.78 is 0. The Morgan fingerprint density at radius 1 is 0.862 bits per heavy atom. The Morgan fingerprint density at radius 3 is 2.34 bits per heavy atom. The fraction of sp³-hybridized carbons (Fsp3) is 1.00. The molecule has 29 heavy (non-hydrogen) atoms. The van der Waals surface area contributed by atoms with Gasteiger partial charge in [0, 0.05) is 6.61 Å². The topological polar surface area (TPSA) is 40.5 Å². The molecule has 2 nitrogen and oxygen atoms in total. The minimum absolute atomic E-state index is 0.0243. The summed E-state index contributed by atoms with van der Waals surface area (Å²) in [4.78, 5) is 0. The summed E-state index contributed by atoms with van der Waals surface area (Å²) in [5, 5.41) is 19.6. The number of rotatable bonds is 6. The summed E-state index contributed by atoms with van der Waals surface area (Å²) in [7, 11) is 0. The largest absolute Gasteiger partial charge is 0.396 e. The summed E-state index contributed by atoms with van der Waals surface area (Å²) >= 11 is 0. The predicted octanol–water partition coefficient (Wildman–Crippen LogP) is 6.44. The van der Waals surface area contributed by atoms with Gasteiger partial charge in [0.15, 0.2) is 0 Å². The average molecular weight is 405 g/mol. The molecule has 2 heteroatoms. The van der Waals surface area contributed by atoms with Crippen molar-refractivity contribution >= 4 is 0 Å².